The van der Waals surface area contributed by atoms with Gasteiger partial charge in [-0.1, -0.05) is 0 Å². The number of carbonyl (C=O) groups excluding carboxylic acids is 1. The summed E-state index contributed by atoms with van der Waals surface area (Å²) in [4.78, 5) is 17.2. The monoisotopic (exact) mass is 355 g/mol. The average Bonchev–Trinajstić information content (AvgIpc) is 3.23. The maximum absolute atomic E-state index is 12.9. The summed E-state index contributed by atoms with van der Waals surface area (Å²) in [7, 11) is 0. The summed E-state index contributed by atoms with van der Waals surface area (Å²) >= 11 is 0. The van der Waals surface area contributed by atoms with E-state index in [1.165, 1.54) is 5.69 Å². The van der Waals surface area contributed by atoms with Gasteiger partial charge in [0, 0.05) is 49.4 Å². The van der Waals surface area contributed by atoms with Crippen LogP contribution in [-0.2, 0) is 4.79 Å². The van der Waals surface area contributed by atoms with Crippen molar-refractivity contribution in [1.29, 1.82) is 0 Å². The number of nitrogen functional groups attached to an aromatic ring is 1. The van der Waals surface area contributed by atoms with E-state index >= 15 is 0 Å². The molecule has 2 fully saturated rings. The Bertz CT molecular complexity index is 715. The third-order valence-corrected chi connectivity index (χ3v) is 5.67. The lowest BCUT2D eigenvalue weighted by Gasteiger charge is -2.38. The molecule has 138 valence electrons. The normalized spacial score (nSPS) is 23.8. The zero-order valence-corrected chi connectivity index (χ0v) is 14.8. The Balaban J connectivity index is 1.28. The largest absolute Gasteiger partial charge is 0.399 e. The van der Waals surface area contributed by atoms with Crippen LogP contribution in [0.5, 0.6) is 0 Å². The van der Waals surface area contributed by atoms with Gasteiger partial charge in [-0.3, -0.25) is 4.79 Å². The molecule has 2 heterocycles. The van der Waals surface area contributed by atoms with E-state index in [1.807, 2.05) is 29.2 Å². The van der Waals surface area contributed by atoms with Crippen LogP contribution < -0.4 is 10.6 Å². The second-order valence-electron chi connectivity index (χ2n) is 7.24. The van der Waals surface area contributed by atoms with Crippen molar-refractivity contribution in [2.45, 2.75) is 31.6 Å². The van der Waals surface area contributed by atoms with Crippen LogP contribution >= 0.6 is 0 Å². The number of tetrazole rings is 1. The third-order valence-electron chi connectivity index (χ3n) is 5.67. The van der Waals surface area contributed by atoms with Crippen LogP contribution in [0.1, 0.15) is 37.4 Å². The van der Waals surface area contributed by atoms with E-state index < -0.39 is 0 Å². The number of anilines is 2. The van der Waals surface area contributed by atoms with Gasteiger partial charge in [0.25, 0.3) is 0 Å². The quantitative estimate of drug-likeness (QED) is 0.807. The first-order chi connectivity index (χ1) is 12.7. The molecule has 8 nitrogen and oxygen atoms in total. The standard InChI is InChI=1S/C18H25N7O/c19-15-5-7-16(8-6-15)24-9-11-25(12-10-24)18(26)14-3-1-13(2-4-14)17-20-22-23-21-17/h5-8,13-14H,1-4,9-12,19H2,(H,20,21,22,23). The van der Waals surface area contributed by atoms with Crippen LogP contribution in [-0.4, -0.2) is 57.6 Å². The van der Waals surface area contributed by atoms with Crippen LogP contribution in [0.25, 0.3) is 0 Å². The molecule has 0 radical (unpaired) electrons. The molecule has 2 aromatic rings. The number of hydrogen-bond acceptors (Lipinski definition) is 6. The number of benzene rings is 1. The number of nitrogens with one attached hydrogen (secondary N) is 1. The number of aromatic amines is 1. The smallest absolute Gasteiger partial charge is 0.225 e. The Morgan fingerprint density at radius 3 is 2.35 bits per heavy atom. The molecule has 0 spiro atoms. The Morgan fingerprint density at radius 1 is 1.04 bits per heavy atom. The van der Waals surface area contributed by atoms with Crippen molar-refractivity contribution < 1.29 is 4.79 Å². The molecule has 4 rings (SSSR count). The Kier molecular flexibility index (Phi) is 4.73. The minimum atomic E-state index is 0.144. The summed E-state index contributed by atoms with van der Waals surface area (Å²) in [6.07, 6.45) is 3.78. The molecule has 3 N–H and O–H groups in total. The summed E-state index contributed by atoms with van der Waals surface area (Å²) in [5.41, 5.74) is 7.71. The van der Waals surface area contributed by atoms with Gasteiger partial charge >= 0.3 is 0 Å². The topological polar surface area (TPSA) is 104 Å². The van der Waals surface area contributed by atoms with Gasteiger partial charge in [-0.15, -0.1) is 5.10 Å². The van der Waals surface area contributed by atoms with Gasteiger partial charge in [0.05, 0.1) is 0 Å². The predicted octanol–water partition coefficient (Wildman–Crippen LogP) is 1.40. The fraction of sp³-hybridized carbons (Fsp3) is 0.556. The lowest BCUT2D eigenvalue weighted by atomic mass is 9.81. The highest BCUT2D eigenvalue weighted by Crippen LogP contribution is 2.35. The number of hydrogen-bond donors (Lipinski definition) is 2. The molecule has 1 saturated carbocycles. The molecule has 1 aromatic carbocycles. The zero-order chi connectivity index (χ0) is 17.9. The van der Waals surface area contributed by atoms with Crippen LogP contribution in [0.4, 0.5) is 11.4 Å². The van der Waals surface area contributed by atoms with Gasteiger partial charge in [-0.25, -0.2) is 5.10 Å². The lowest BCUT2D eigenvalue weighted by Crippen LogP contribution is -2.50. The Hall–Kier alpha value is -2.64. The number of nitrogens with two attached hydrogens (primary N) is 1. The molecule has 8 heteroatoms. The van der Waals surface area contributed by atoms with Gasteiger partial charge in [0.15, 0.2) is 5.82 Å². The number of piperazine rings is 1. The van der Waals surface area contributed by atoms with Crippen LogP contribution in [0, 0.1) is 5.92 Å². The van der Waals surface area contributed by atoms with Crippen LogP contribution in [0.15, 0.2) is 24.3 Å². The molecule has 0 bridgehead atoms. The van der Waals surface area contributed by atoms with Crippen molar-refractivity contribution in [2.24, 2.45) is 5.92 Å². The number of aromatic nitrogens is 4. The average molecular weight is 355 g/mol. The number of carbonyl (C=O) groups is 1. The third kappa shape index (κ3) is 3.49. The maximum Gasteiger partial charge on any atom is 0.225 e. The fourth-order valence-electron chi connectivity index (χ4n) is 4.08. The zero-order valence-electron chi connectivity index (χ0n) is 14.8. The molecule has 0 atom stereocenters. The molecular weight excluding hydrogens is 330 g/mol. The van der Waals surface area contributed by atoms with E-state index in [0.29, 0.717) is 11.8 Å². The molecular formula is C18H25N7O. The number of nitrogens with zero attached hydrogens (tertiary/aromatic N) is 5. The van der Waals surface area contributed by atoms with E-state index in [0.717, 1.165) is 63.4 Å². The first kappa shape index (κ1) is 16.8. The van der Waals surface area contributed by atoms with E-state index in [1.54, 1.807) is 0 Å². The second kappa shape index (κ2) is 7.31. The molecule has 1 saturated heterocycles. The molecule has 26 heavy (non-hydrogen) atoms. The Labute approximate surface area is 152 Å². The van der Waals surface area contributed by atoms with E-state index in [2.05, 4.69) is 25.5 Å². The molecule has 1 amide bonds. The van der Waals surface area contributed by atoms with Crippen molar-refractivity contribution in [1.82, 2.24) is 25.5 Å². The predicted molar refractivity (Wildman–Crippen MR) is 98.5 cm³/mol. The highest BCUT2D eigenvalue weighted by molar-refractivity contribution is 5.79. The van der Waals surface area contributed by atoms with E-state index in [9.17, 15) is 4.79 Å². The van der Waals surface area contributed by atoms with Crippen LogP contribution in [0.2, 0.25) is 0 Å². The Morgan fingerprint density at radius 2 is 1.73 bits per heavy atom. The summed E-state index contributed by atoms with van der Waals surface area (Å²) < 4.78 is 0. The summed E-state index contributed by atoms with van der Waals surface area (Å²) in [6, 6.07) is 7.95. The van der Waals surface area contributed by atoms with Crippen molar-refractivity contribution in [3.63, 3.8) is 0 Å². The maximum atomic E-state index is 12.9. The fourth-order valence-corrected chi connectivity index (χ4v) is 4.08. The molecule has 0 unspecified atom stereocenters. The molecule has 2 aliphatic rings. The minimum absolute atomic E-state index is 0.144. The van der Waals surface area contributed by atoms with E-state index in [4.69, 9.17) is 5.73 Å². The van der Waals surface area contributed by atoms with Gasteiger partial charge in [-0.05, 0) is 60.4 Å². The number of H-pyrrole nitrogens is 1. The van der Waals surface area contributed by atoms with Gasteiger partial charge in [-0.2, -0.15) is 0 Å². The molecule has 1 aliphatic carbocycles. The van der Waals surface area contributed by atoms with Gasteiger partial charge < -0.3 is 15.5 Å². The summed E-state index contributed by atoms with van der Waals surface area (Å²) in [6.45, 7) is 3.31. The van der Waals surface area contributed by atoms with Gasteiger partial charge in [0.2, 0.25) is 5.91 Å². The van der Waals surface area contributed by atoms with Crippen molar-refractivity contribution in [3.05, 3.63) is 30.1 Å². The SMILES string of the molecule is Nc1ccc(N2CCN(C(=O)C3CCC(c4nnn[nH]4)CC3)CC2)cc1. The van der Waals surface area contributed by atoms with Crippen molar-refractivity contribution in [2.75, 3.05) is 36.8 Å². The summed E-state index contributed by atoms with van der Waals surface area (Å²) in [5, 5.41) is 14.2. The highest BCUT2D eigenvalue weighted by atomic mass is 16.2. The molecule has 1 aliphatic heterocycles. The molecule has 1 aromatic heterocycles. The first-order valence-corrected chi connectivity index (χ1v) is 9.33. The minimum Gasteiger partial charge on any atom is -0.399 e. The van der Waals surface area contributed by atoms with Crippen molar-refractivity contribution in [3.8, 4) is 0 Å². The second-order valence-corrected chi connectivity index (χ2v) is 7.24. The van der Waals surface area contributed by atoms with Crippen LogP contribution in [0.3, 0.4) is 0 Å². The van der Waals surface area contributed by atoms with E-state index in [-0.39, 0.29) is 5.92 Å². The first-order valence-electron chi connectivity index (χ1n) is 9.33. The van der Waals surface area contributed by atoms with Crippen molar-refractivity contribution >= 4 is 17.3 Å². The highest BCUT2D eigenvalue weighted by Gasteiger charge is 2.32. The number of rotatable bonds is 3. The van der Waals surface area contributed by atoms with Gasteiger partial charge in [0.1, 0.15) is 0 Å². The number of amides is 1. The lowest BCUT2D eigenvalue weighted by molar-refractivity contribution is -0.137. The summed E-state index contributed by atoms with van der Waals surface area (Å²) in [5.74, 6) is 1.67.